The highest BCUT2D eigenvalue weighted by Gasteiger charge is 2.26. The molecule has 0 aliphatic carbocycles. The number of likely N-dealkylation sites (tertiary alicyclic amines) is 1. The van der Waals surface area contributed by atoms with Gasteiger partial charge in [0.25, 0.3) is 5.91 Å². The molecule has 0 spiro atoms. The Morgan fingerprint density at radius 1 is 1.38 bits per heavy atom. The SMILES string of the molecule is CC(C)c1cc(NC2CCCN(C(=O)c3ccco3)C2)n2nccc2n1. The van der Waals surface area contributed by atoms with Crippen LogP contribution in [0.25, 0.3) is 5.65 Å². The topological polar surface area (TPSA) is 75.7 Å². The van der Waals surface area contributed by atoms with E-state index in [1.165, 1.54) is 6.26 Å². The van der Waals surface area contributed by atoms with Gasteiger partial charge in [0.05, 0.1) is 12.5 Å². The first kappa shape index (κ1) is 16.6. The molecule has 0 aromatic carbocycles. The van der Waals surface area contributed by atoms with Gasteiger partial charge in [-0.15, -0.1) is 0 Å². The highest BCUT2D eigenvalue weighted by molar-refractivity contribution is 5.91. The fraction of sp³-hybridized carbons (Fsp3) is 0.421. The monoisotopic (exact) mass is 353 g/mol. The van der Waals surface area contributed by atoms with Gasteiger partial charge >= 0.3 is 0 Å². The van der Waals surface area contributed by atoms with E-state index >= 15 is 0 Å². The number of fused-ring (bicyclic) bond motifs is 1. The Morgan fingerprint density at radius 2 is 2.27 bits per heavy atom. The van der Waals surface area contributed by atoms with E-state index in [1.807, 2.05) is 15.5 Å². The Hall–Kier alpha value is -2.83. The molecule has 1 fully saturated rings. The fourth-order valence-corrected chi connectivity index (χ4v) is 3.38. The molecular formula is C19H23N5O2. The predicted molar refractivity (Wildman–Crippen MR) is 98.3 cm³/mol. The van der Waals surface area contributed by atoms with Crippen LogP contribution in [-0.4, -0.2) is 44.5 Å². The van der Waals surface area contributed by atoms with Crippen LogP contribution in [0.5, 0.6) is 0 Å². The third-order valence-electron chi connectivity index (χ3n) is 4.76. The average molecular weight is 353 g/mol. The number of amides is 1. The average Bonchev–Trinajstić information content (AvgIpc) is 3.33. The number of hydrogen-bond acceptors (Lipinski definition) is 5. The van der Waals surface area contributed by atoms with Gasteiger partial charge in [0.1, 0.15) is 5.82 Å². The van der Waals surface area contributed by atoms with Crippen LogP contribution in [-0.2, 0) is 0 Å². The van der Waals surface area contributed by atoms with Crippen molar-refractivity contribution >= 4 is 17.4 Å². The third-order valence-corrected chi connectivity index (χ3v) is 4.76. The first-order valence-electron chi connectivity index (χ1n) is 9.06. The first-order chi connectivity index (χ1) is 12.6. The summed E-state index contributed by atoms with van der Waals surface area (Å²) in [6.45, 7) is 5.65. The van der Waals surface area contributed by atoms with E-state index < -0.39 is 0 Å². The van der Waals surface area contributed by atoms with Crippen molar-refractivity contribution < 1.29 is 9.21 Å². The number of aromatic nitrogens is 3. The Morgan fingerprint density at radius 3 is 3.04 bits per heavy atom. The maximum atomic E-state index is 12.6. The number of anilines is 1. The second-order valence-electron chi connectivity index (χ2n) is 7.03. The number of rotatable bonds is 4. The Bertz CT molecular complexity index is 900. The molecule has 0 bridgehead atoms. The molecule has 4 heterocycles. The molecule has 3 aromatic rings. The molecule has 1 aliphatic heterocycles. The van der Waals surface area contributed by atoms with Gasteiger partial charge in [0.2, 0.25) is 0 Å². The quantitative estimate of drug-likeness (QED) is 0.780. The van der Waals surface area contributed by atoms with Crippen molar-refractivity contribution in [2.24, 2.45) is 0 Å². The smallest absolute Gasteiger partial charge is 0.289 e. The summed E-state index contributed by atoms with van der Waals surface area (Å²) in [5.41, 5.74) is 1.86. The minimum Gasteiger partial charge on any atom is -0.459 e. The van der Waals surface area contributed by atoms with Gasteiger partial charge in [-0.2, -0.15) is 9.61 Å². The normalized spacial score (nSPS) is 17.8. The van der Waals surface area contributed by atoms with Crippen molar-refractivity contribution in [3.8, 4) is 0 Å². The lowest BCUT2D eigenvalue weighted by molar-refractivity contribution is 0.0682. The Balaban J connectivity index is 1.54. The maximum Gasteiger partial charge on any atom is 0.289 e. The van der Waals surface area contributed by atoms with Gasteiger partial charge in [0, 0.05) is 37.0 Å². The first-order valence-corrected chi connectivity index (χ1v) is 9.06. The second-order valence-corrected chi connectivity index (χ2v) is 7.03. The minimum atomic E-state index is -0.0525. The van der Waals surface area contributed by atoms with E-state index in [4.69, 9.17) is 4.42 Å². The molecular weight excluding hydrogens is 330 g/mol. The van der Waals surface area contributed by atoms with E-state index in [1.54, 1.807) is 18.3 Å². The predicted octanol–water partition coefficient (Wildman–Crippen LogP) is 3.16. The molecule has 26 heavy (non-hydrogen) atoms. The second kappa shape index (κ2) is 6.82. The zero-order valence-corrected chi connectivity index (χ0v) is 15.1. The van der Waals surface area contributed by atoms with Gasteiger partial charge in [-0.25, -0.2) is 4.98 Å². The van der Waals surface area contributed by atoms with Gasteiger partial charge in [0.15, 0.2) is 11.4 Å². The van der Waals surface area contributed by atoms with Crippen molar-refractivity contribution in [3.63, 3.8) is 0 Å². The molecule has 1 N–H and O–H groups in total. The number of carbonyl (C=O) groups is 1. The molecule has 0 saturated carbocycles. The highest BCUT2D eigenvalue weighted by atomic mass is 16.3. The van der Waals surface area contributed by atoms with Crippen LogP contribution in [0.15, 0.2) is 41.1 Å². The van der Waals surface area contributed by atoms with Crippen LogP contribution < -0.4 is 5.32 Å². The Kier molecular flexibility index (Phi) is 4.36. The fourth-order valence-electron chi connectivity index (χ4n) is 3.38. The van der Waals surface area contributed by atoms with Crippen molar-refractivity contribution in [2.45, 2.75) is 38.6 Å². The van der Waals surface area contributed by atoms with Crippen LogP contribution >= 0.6 is 0 Å². The Labute approximate surface area is 152 Å². The lowest BCUT2D eigenvalue weighted by Gasteiger charge is -2.33. The maximum absolute atomic E-state index is 12.6. The largest absolute Gasteiger partial charge is 0.459 e. The van der Waals surface area contributed by atoms with E-state index in [-0.39, 0.29) is 11.9 Å². The zero-order chi connectivity index (χ0) is 18.1. The van der Waals surface area contributed by atoms with Crippen molar-refractivity contribution in [2.75, 3.05) is 18.4 Å². The van der Waals surface area contributed by atoms with E-state index in [2.05, 4.69) is 35.3 Å². The standard InChI is InChI=1S/C19H23N5O2/c1-13(2)15-11-18(24-17(22-15)7-8-20-24)21-14-5-3-9-23(12-14)19(25)16-6-4-10-26-16/h4,6-8,10-11,13-14,21H,3,5,9,12H2,1-2H3. The van der Waals surface area contributed by atoms with Gasteiger partial charge in [-0.1, -0.05) is 13.8 Å². The summed E-state index contributed by atoms with van der Waals surface area (Å²) in [6, 6.07) is 7.58. The van der Waals surface area contributed by atoms with E-state index in [0.717, 1.165) is 36.5 Å². The van der Waals surface area contributed by atoms with Crippen LogP contribution in [0, 0.1) is 0 Å². The summed E-state index contributed by atoms with van der Waals surface area (Å²) in [7, 11) is 0. The van der Waals surface area contributed by atoms with Crippen molar-refractivity contribution in [1.29, 1.82) is 0 Å². The van der Waals surface area contributed by atoms with Crippen molar-refractivity contribution in [1.82, 2.24) is 19.5 Å². The summed E-state index contributed by atoms with van der Waals surface area (Å²) in [4.78, 5) is 19.1. The molecule has 136 valence electrons. The lowest BCUT2D eigenvalue weighted by Crippen LogP contribution is -2.45. The van der Waals surface area contributed by atoms with E-state index in [0.29, 0.717) is 18.2 Å². The summed E-state index contributed by atoms with van der Waals surface area (Å²) in [6.07, 6.45) is 5.25. The summed E-state index contributed by atoms with van der Waals surface area (Å²) < 4.78 is 7.08. The number of nitrogens with one attached hydrogen (secondary N) is 1. The van der Waals surface area contributed by atoms with Crippen LogP contribution in [0.3, 0.4) is 0 Å². The molecule has 1 aliphatic rings. The number of furan rings is 1. The minimum absolute atomic E-state index is 0.0525. The summed E-state index contributed by atoms with van der Waals surface area (Å²) >= 11 is 0. The molecule has 1 atom stereocenters. The number of piperidine rings is 1. The zero-order valence-electron chi connectivity index (χ0n) is 15.1. The lowest BCUT2D eigenvalue weighted by atomic mass is 10.0. The molecule has 3 aromatic heterocycles. The van der Waals surface area contributed by atoms with Crippen LogP contribution in [0.1, 0.15) is 48.9 Å². The third kappa shape index (κ3) is 3.16. The van der Waals surface area contributed by atoms with Crippen LogP contribution in [0.4, 0.5) is 5.82 Å². The van der Waals surface area contributed by atoms with Gasteiger partial charge in [-0.05, 0) is 30.9 Å². The number of nitrogens with zero attached hydrogens (tertiary/aromatic N) is 4. The molecule has 1 amide bonds. The molecule has 4 rings (SSSR count). The molecule has 1 saturated heterocycles. The molecule has 7 heteroatoms. The highest BCUT2D eigenvalue weighted by Crippen LogP contribution is 2.22. The molecule has 1 unspecified atom stereocenters. The van der Waals surface area contributed by atoms with Crippen molar-refractivity contribution in [3.05, 3.63) is 48.2 Å². The summed E-state index contributed by atoms with van der Waals surface area (Å²) in [5.74, 6) is 1.59. The van der Waals surface area contributed by atoms with Crippen LogP contribution in [0.2, 0.25) is 0 Å². The van der Waals surface area contributed by atoms with Gasteiger partial charge < -0.3 is 14.6 Å². The number of hydrogen-bond donors (Lipinski definition) is 1. The molecule has 7 nitrogen and oxygen atoms in total. The van der Waals surface area contributed by atoms with E-state index in [9.17, 15) is 4.79 Å². The summed E-state index contributed by atoms with van der Waals surface area (Å²) in [5, 5.41) is 7.95. The van der Waals surface area contributed by atoms with Gasteiger partial charge in [-0.3, -0.25) is 4.79 Å². The number of carbonyl (C=O) groups excluding carboxylic acids is 1. The molecule has 0 radical (unpaired) electrons.